The summed E-state index contributed by atoms with van der Waals surface area (Å²) in [5, 5.41) is 17.8. The number of nitrogens with zero attached hydrogens (tertiary/aromatic N) is 4. The van der Waals surface area contributed by atoms with Crippen molar-refractivity contribution < 1.29 is 22.7 Å². The monoisotopic (exact) mass is 508 g/mol. The minimum Gasteiger partial charge on any atom is -0.406 e. The van der Waals surface area contributed by atoms with Gasteiger partial charge in [-0.3, -0.25) is 9.48 Å². The molecule has 4 aromatic rings. The van der Waals surface area contributed by atoms with Gasteiger partial charge in [-0.1, -0.05) is 0 Å². The number of halogens is 3. The first-order chi connectivity index (χ1) is 17.7. The number of anilines is 1. The third kappa shape index (κ3) is 5.23. The van der Waals surface area contributed by atoms with Crippen molar-refractivity contribution in [3.63, 3.8) is 0 Å². The largest absolute Gasteiger partial charge is 0.573 e. The van der Waals surface area contributed by atoms with Crippen molar-refractivity contribution in [1.29, 1.82) is 5.26 Å². The van der Waals surface area contributed by atoms with Gasteiger partial charge in [-0.25, -0.2) is 0 Å². The zero-order chi connectivity index (χ0) is 26.2. The molecule has 0 spiro atoms. The fourth-order valence-corrected chi connectivity index (χ4v) is 4.68. The number of aromatic nitrogens is 3. The van der Waals surface area contributed by atoms with E-state index < -0.39 is 6.36 Å². The minimum atomic E-state index is -4.79. The van der Waals surface area contributed by atoms with Gasteiger partial charge in [0, 0.05) is 60.3 Å². The van der Waals surface area contributed by atoms with Crippen molar-refractivity contribution >= 4 is 22.5 Å². The molecule has 1 amide bonds. The van der Waals surface area contributed by atoms with Gasteiger partial charge in [0.2, 0.25) is 0 Å². The van der Waals surface area contributed by atoms with Crippen LogP contribution in [0.3, 0.4) is 0 Å². The summed E-state index contributed by atoms with van der Waals surface area (Å²) in [5.74, 6) is -0.745. The first-order valence-corrected chi connectivity index (χ1v) is 11.7. The van der Waals surface area contributed by atoms with Crippen molar-refractivity contribution in [3.8, 4) is 23.1 Å². The summed E-state index contributed by atoms with van der Waals surface area (Å²) in [4.78, 5) is 18.3. The van der Waals surface area contributed by atoms with E-state index in [1.807, 2.05) is 25.4 Å². The number of nitriles is 1. The molecular weight excluding hydrogens is 485 g/mol. The maximum atomic E-state index is 12.8. The standard InChI is InChI=1S/C26H23F3N6O2/c1-34-14-18(13-31-34)22-11-21-23(9-6-17(12-30)24(21)33-22)35-10-2-3-19(15-35)32-25(36)16-4-7-20(8-5-16)37-26(27,28)29/h4-9,11,13-14,19,33H,2-3,10,15H2,1H3,(H,32,36). The molecule has 3 heterocycles. The molecule has 190 valence electrons. The summed E-state index contributed by atoms with van der Waals surface area (Å²) in [5.41, 5.74) is 4.24. The predicted molar refractivity (Wildman–Crippen MR) is 131 cm³/mol. The maximum Gasteiger partial charge on any atom is 0.573 e. The predicted octanol–water partition coefficient (Wildman–Crippen LogP) is 4.74. The normalized spacial score (nSPS) is 16.0. The molecule has 0 aliphatic carbocycles. The Bertz CT molecular complexity index is 1480. The fraction of sp³-hybridized carbons (Fsp3) is 0.269. The van der Waals surface area contributed by atoms with E-state index >= 15 is 0 Å². The molecule has 1 aliphatic heterocycles. The number of rotatable bonds is 5. The van der Waals surface area contributed by atoms with Gasteiger partial charge >= 0.3 is 6.36 Å². The average Bonchev–Trinajstić information content (AvgIpc) is 3.49. The number of amides is 1. The van der Waals surface area contributed by atoms with Crippen LogP contribution in [0.15, 0.2) is 54.9 Å². The Morgan fingerprint density at radius 2 is 2.03 bits per heavy atom. The summed E-state index contributed by atoms with van der Waals surface area (Å²) in [6, 6.07) is 12.7. The third-order valence-electron chi connectivity index (χ3n) is 6.35. The van der Waals surface area contributed by atoms with E-state index in [4.69, 9.17) is 0 Å². The number of hydrogen-bond donors (Lipinski definition) is 2. The molecule has 0 radical (unpaired) electrons. The zero-order valence-corrected chi connectivity index (χ0v) is 19.8. The molecule has 1 unspecified atom stereocenters. The number of benzene rings is 2. The van der Waals surface area contributed by atoms with Gasteiger partial charge in [-0.2, -0.15) is 10.4 Å². The van der Waals surface area contributed by atoms with E-state index in [0.717, 1.165) is 59.4 Å². The van der Waals surface area contributed by atoms with E-state index in [1.54, 1.807) is 16.9 Å². The average molecular weight is 509 g/mol. The van der Waals surface area contributed by atoms with Crippen molar-refractivity contribution in [2.24, 2.45) is 7.05 Å². The van der Waals surface area contributed by atoms with Crippen LogP contribution in [-0.4, -0.2) is 46.2 Å². The molecule has 11 heteroatoms. The van der Waals surface area contributed by atoms with Gasteiger partial charge in [0.1, 0.15) is 11.8 Å². The summed E-state index contributed by atoms with van der Waals surface area (Å²) < 4.78 is 42.7. The lowest BCUT2D eigenvalue weighted by molar-refractivity contribution is -0.274. The van der Waals surface area contributed by atoms with Crippen LogP contribution in [0.25, 0.3) is 22.2 Å². The number of nitrogens with one attached hydrogen (secondary N) is 2. The van der Waals surface area contributed by atoms with Crippen LogP contribution < -0.4 is 15.0 Å². The van der Waals surface area contributed by atoms with E-state index in [9.17, 15) is 23.2 Å². The maximum absolute atomic E-state index is 12.8. The number of H-pyrrole nitrogens is 1. The van der Waals surface area contributed by atoms with Gasteiger partial charge in [0.25, 0.3) is 5.91 Å². The zero-order valence-electron chi connectivity index (χ0n) is 19.8. The highest BCUT2D eigenvalue weighted by Gasteiger charge is 2.31. The second-order valence-corrected chi connectivity index (χ2v) is 8.95. The van der Waals surface area contributed by atoms with Crippen LogP contribution in [0.4, 0.5) is 18.9 Å². The third-order valence-corrected chi connectivity index (χ3v) is 6.35. The molecule has 2 N–H and O–H groups in total. The highest BCUT2D eigenvalue weighted by atomic mass is 19.4. The van der Waals surface area contributed by atoms with Gasteiger partial charge in [0.15, 0.2) is 0 Å². The van der Waals surface area contributed by atoms with Crippen LogP contribution in [-0.2, 0) is 7.05 Å². The second kappa shape index (κ2) is 9.54. The lowest BCUT2D eigenvalue weighted by atomic mass is 10.0. The lowest BCUT2D eigenvalue weighted by Gasteiger charge is -2.35. The number of aryl methyl sites for hydroxylation is 1. The number of carbonyl (C=O) groups is 1. The van der Waals surface area contributed by atoms with E-state index in [-0.39, 0.29) is 23.3 Å². The van der Waals surface area contributed by atoms with Crippen molar-refractivity contribution in [2.75, 3.05) is 18.0 Å². The molecule has 0 saturated carbocycles. The molecular formula is C26H23F3N6O2. The van der Waals surface area contributed by atoms with Gasteiger partial charge < -0.3 is 19.9 Å². The van der Waals surface area contributed by atoms with Crippen LogP contribution in [0, 0.1) is 11.3 Å². The summed E-state index contributed by atoms with van der Waals surface area (Å²) in [6.45, 7) is 1.33. The number of fused-ring (bicyclic) bond motifs is 1. The van der Waals surface area contributed by atoms with Gasteiger partial charge in [0.05, 0.1) is 17.3 Å². The Labute approximate surface area is 210 Å². The van der Waals surface area contributed by atoms with Gasteiger partial charge in [-0.15, -0.1) is 13.2 Å². The smallest absolute Gasteiger partial charge is 0.406 e. The fourth-order valence-electron chi connectivity index (χ4n) is 4.68. The van der Waals surface area contributed by atoms with E-state index in [0.29, 0.717) is 12.1 Å². The number of carbonyl (C=O) groups excluding carboxylic acids is 1. The lowest BCUT2D eigenvalue weighted by Crippen LogP contribution is -2.47. The van der Waals surface area contributed by atoms with Gasteiger partial charge in [-0.05, 0) is 55.3 Å². The summed E-state index contributed by atoms with van der Waals surface area (Å²) in [7, 11) is 1.84. The van der Waals surface area contributed by atoms with Crippen molar-refractivity contribution in [1.82, 2.24) is 20.1 Å². The number of ether oxygens (including phenoxy) is 1. The Morgan fingerprint density at radius 1 is 1.24 bits per heavy atom. The van der Waals surface area contributed by atoms with E-state index in [1.165, 1.54) is 12.1 Å². The molecule has 1 atom stereocenters. The molecule has 2 aromatic carbocycles. The summed E-state index contributed by atoms with van der Waals surface area (Å²) in [6.07, 6.45) is 0.468. The highest BCUT2D eigenvalue weighted by Crippen LogP contribution is 2.34. The molecule has 0 bridgehead atoms. The quantitative estimate of drug-likeness (QED) is 0.406. The Hall–Kier alpha value is -4.46. The van der Waals surface area contributed by atoms with E-state index in [2.05, 4.69) is 31.1 Å². The molecule has 5 rings (SSSR count). The summed E-state index contributed by atoms with van der Waals surface area (Å²) >= 11 is 0. The Morgan fingerprint density at radius 3 is 2.70 bits per heavy atom. The SMILES string of the molecule is Cn1cc(-c2cc3c(N4CCCC(NC(=O)c5ccc(OC(F)(F)F)cc5)C4)ccc(C#N)c3[nH]2)cn1. The minimum absolute atomic E-state index is 0.158. The number of aromatic amines is 1. The highest BCUT2D eigenvalue weighted by molar-refractivity contribution is 5.99. The molecule has 37 heavy (non-hydrogen) atoms. The Balaban J connectivity index is 1.34. The Kier molecular flexibility index (Phi) is 6.25. The number of hydrogen-bond acceptors (Lipinski definition) is 5. The molecule has 2 aromatic heterocycles. The first kappa shape index (κ1) is 24.2. The molecule has 1 aliphatic rings. The molecule has 1 saturated heterocycles. The number of alkyl halides is 3. The van der Waals surface area contributed by atoms with Crippen molar-refractivity contribution in [2.45, 2.75) is 25.2 Å². The van der Waals surface area contributed by atoms with Crippen LogP contribution >= 0.6 is 0 Å². The number of piperidine rings is 1. The topological polar surface area (TPSA) is 99.0 Å². The second-order valence-electron chi connectivity index (χ2n) is 8.95. The molecule has 8 nitrogen and oxygen atoms in total. The molecule has 1 fully saturated rings. The van der Waals surface area contributed by atoms with Crippen LogP contribution in [0.5, 0.6) is 5.75 Å². The van der Waals surface area contributed by atoms with Crippen molar-refractivity contribution in [3.05, 3.63) is 66.0 Å². The first-order valence-electron chi connectivity index (χ1n) is 11.7. The van der Waals surface area contributed by atoms with Crippen LogP contribution in [0.1, 0.15) is 28.8 Å². The van der Waals surface area contributed by atoms with Crippen LogP contribution in [0.2, 0.25) is 0 Å².